The monoisotopic (exact) mass is 298 g/mol. The first kappa shape index (κ1) is 14.1. The molecule has 2 aromatic heterocycles. The molecule has 0 saturated carbocycles. The van der Waals surface area contributed by atoms with Gasteiger partial charge in [-0.05, 0) is 42.5 Å². The van der Waals surface area contributed by atoms with Crippen LogP contribution in [-0.2, 0) is 13.6 Å². The van der Waals surface area contributed by atoms with Crippen molar-refractivity contribution in [1.29, 1.82) is 0 Å². The summed E-state index contributed by atoms with van der Waals surface area (Å²) in [4.78, 5) is 4.28. The Morgan fingerprint density at radius 2 is 1.86 bits per heavy atom. The molecule has 1 aromatic carbocycles. The summed E-state index contributed by atoms with van der Waals surface area (Å²) in [6.07, 6.45) is 3.37. The van der Waals surface area contributed by atoms with Crippen molar-refractivity contribution < 1.29 is 9.13 Å². The van der Waals surface area contributed by atoms with Crippen LogP contribution in [0.2, 0.25) is 0 Å². The maximum absolute atomic E-state index is 12.8. The van der Waals surface area contributed by atoms with Gasteiger partial charge in [-0.15, -0.1) is 0 Å². The molecule has 6 heteroatoms. The van der Waals surface area contributed by atoms with Gasteiger partial charge in [0.1, 0.15) is 23.1 Å². The molecule has 0 fully saturated rings. The molecule has 0 aliphatic heterocycles. The maximum Gasteiger partial charge on any atom is 0.145 e. The van der Waals surface area contributed by atoms with Gasteiger partial charge >= 0.3 is 0 Å². The number of halogens is 1. The maximum atomic E-state index is 12.8. The SMILES string of the molecule is Cn1nccc1CNc1ccc(Oc2ccc(F)cc2)cn1. The van der Waals surface area contributed by atoms with Gasteiger partial charge in [-0.3, -0.25) is 4.68 Å². The third kappa shape index (κ3) is 3.41. The lowest BCUT2D eigenvalue weighted by Crippen LogP contribution is -2.06. The molecule has 3 rings (SSSR count). The second-order valence-electron chi connectivity index (χ2n) is 4.73. The second-order valence-corrected chi connectivity index (χ2v) is 4.73. The Labute approximate surface area is 127 Å². The standard InChI is InChI=1S/C16H15FN4O/c1-21-13(8-9-20-21)10-18-16-7-6-15(11-19-16)22-14-4-2-12(17)3-5-14/h2-9,11H,10H2,1H3,(H,18,19). The third-order valence-electron chi connectivity index (χ3n) is 3.16. The smallest absolute Gasteiger partial charge is 0.145 e. The Morgan fingerprint density at radius 3 is 2.50 bits per heavy atom. The lowest BCUT2D eigenvalue weighted by molar-refractivity contribution is 0.478. The van der Waals surface area contributed by atoms with E-state index in [0.717, 1.165) is 11.5 Å². The predicted octanol–water partition coefficient (Wildman–Crippen LogP) is 3.36. The molecule has 112 valence electrons. The van der Waals surface area contributed by atoms with Gasteiger partial charge in [-0.2, -0.15) is 5.10 Å². The highest BCUT2D eigenvalue weighted by Gasteiger charge is 2.01. The average molecular weight is 298 g/mol. The molecule has 3 aromatic rings. The van der Waals surface area contributed by atoms with Gasteiger partial charge in [-0.1, -0.05) is 0 Å². The van der Waals surface area contributed by atoms with Gasteiger partial charge < -0.3 is 10.1 Å². The van der Waals surface area contributed by atoms with Gasteiger partial charge in [0.15, 0.2) is 0 Å². The van der Waals surface area contributed by atoms with E-state index in [1.165, 1.54) is 12.1 Å². The van der Waals surface area contributed by atoms with Crippen LogP contribution in [0.1, 0.15) is 5.69 Å². The molecule has 1 N–H and O–H groups in total. The Bertz CT molecular complexity index is 738. The van der Waals surface area contributed by atoms with Crippen LogP contribution in [0.5, 0.6) is 11.5 Å². The molecule has 0 saturated heterocycles. The fraction of sp³-hybridized carbons (Fsp3) is 0.125. The van der Waals surface area contributed by atoms with Gasteiger partial charge in [0.05, 0.1) is 18.4 Å². The number of hydrogen-bond acceptors (Lipinski definition) is 4. The van der Waals surface area contributed by atoms with Crippen LogP contribution in [0.3, 0.4) is 0 Å². The van der Waals surface area contributed by atoms with Crippen molar-refractivity contribution in [3.63, 3.8) is 0 Å². The minimum absolute atomic E-state index is 0.291. The minimum Gasteiger partial charge on any atom is -0.456 e. The van der Waals surface area contributed by atoms with E-state index >= 15 is 0 Å². The average Bonchev–Trinajstić information content (AvgIpc) is 2.94. The molecule has 22 heavy (non-hydrogen) atoms. The highest BCUT2D eigenvalue weighted by Crippen LogP contribution is 2.21. The normalized spacial score (nSPS) is 10.5. The fourth-order valence-corrected chi connectivity index (χ4v) is 1.94. The Morgan fingerprint density at radius 1 is 1.09 bits per heavy atom. The van der Waals surface area contributed by atoms with Crippen molar-refractivity contribution in [1.82, 2.24) is 14.8 Å². The van der Waals surface area contributed by atoms with Crippen molar-refractivity contribution in [3.8, 4) is 11.5 Å². The van der Waals surface area contributed by atoms with Crippen LogP contribution in [0.25, 0.3) is 0 Å². The molecule has 5 nitrogen and oxygen atoms in total. The molecule has 0 aliphatic rings. The molecule has 0 unspecified atom stereocenters. The van der Waals surface area contributed by atoms with E-state index in [2.05, 4.69) is 15.4 Å². The second kappa shape index (κ2) is 6.26. The lowest BCUT2D eigenvalue weighted by atomic mass is 10.3. The topological polar surface area (TPSA) is 52.0 Å². The molecular formula is C16H15FN4O. The molecule has 0 spiro atoms. The van der Waals surface area contributed by atoms with E-state index in [9.17, 15) is 4.39 Å². The Hall–Kier alpha value is -2.89. The number of aromatic nitrogens is 3. The van der Waals surface area contributed by atoms with E-state index in [0.29, 0.717) is 18.0 Å². The summed E-state index contributed by atoms with van der Waals surface area (Å²) >= 11 is 0. The summed E-state index contributed by atoms with van der Waals surface area (Å²) in [5.74, 6) is 1.62. The predicted molar refractivity (Wildman–Crippen MR) is 81.2 cm³/mol. The Balaban J connectivity index is 1.60. The highest BCUT2D eigenvalue weighted by molar-refractivity contribution is 5.39. The summed E-state index contributed by atoms with van der Waals surface area (Å²) in [5, 5.41) is 7.31. The number of pyridine rings is 1. The zero-order valence-corrected chi connectivity index (χ0v) is 12.0. The third-order valence-corrected chi connectivity index (χ3v) is 3.16. The van der Waals surface area contributed by atoms with Crippen molar-refractivity contribution in [2.24, 2.45) is 7.05 Å². The number of nitrogens with zero attached hydrogens (tertiary/aromatic N) is 3. The first-order valence-corrected chi connectivity index (χ1v) is 6.81. The number of ether oxygens (including phenoxy) is 1. The van der Waals surface area contributed by atoms with Gasteiger partial charge in [-0.25, -0.2) is 9.37 Å². The largest absolute Gasteiger partial charge is 0.456 e. The number of rotatable bonds is 5. The van der Waals surface area contributed by atoms with E-state index in [-0.39, 0.29) is 5.82 Å². The highest BCUT2D eigenvalue weighted by atomic mass is 19.1. The lowest BCUT2D eigenvalue weighted by Gasteiger charge is -2.08. The first-order valence-electron chi connectivity index (χ1n) is 6.81. The van der Waals surface area contributed by atoms with E-state index in [4.69, 9.17) is 4.74 Å². The van der Waals surface area contributed by atoms with Crippen molar-refractivity contribution in [3.05, 3.63) is 66.4 Å². The van der Waals surface area contributed by atoms with Crippen LogP contribution in [0.15, 0.2) is 54.9 Å². The zero-order valence-electron chi connectivity index (χ0n) is 12.0. The van der Waals surface area contributed by atoms with Gasteiger partial charge in [0.2, 0.25) is 0 Å². The van der Waals surface area contributed by atoms with E-state index < -0.39 is 0 Å². The van der Waals surface area contributed by atoms with E-state index in [1.54, 1.807) is 29.2 Å². The minimum atomic E-state index is -0.291. The van der Waals surface area contributed by atoms with Crippen molar-refractivity contribution in [2.45, 2.75) is 6.54 Å². The zero-order chi connectivity index (χ0) is 15.4. The van der Waals surface area contributed by atoms with Crippen LogP contribution >= 0.6 is 0 Å². The van der Waals surface area contributed by atoms with Crippen LogP contribution in [-0.4, -0.2) is 14.8 Å². The molecule has 0 bridgehead atoms. The summed E-state index contributed by atoms with van der Waals surface area (Å²) in [5.41, 5.74) is 1.06. The molecule has 0 atom stereocenters. The van der Waals surface area contributed by atoms with Crippen LogP contribution < -0.4 is 10.1 Å². The van der Waals surface area contributed by atoms with Crippen LogP contribution in [0, 0.1) is 5.82 Å². The van der Waals surface area contributed by atoms with Crippen molar-refractivity contribution in [2.75, 3.05) is 5.32 Å². The van der Waals surface area contributed by atoms with Crippen LogP contribution in [0.4, 0.5) is 10.2 Å². The molecule has 0 amide bonds. The van der Waals surface area contributed by atoms with Gasteiger partial charge in [0, 0.05) is 13.2 Å². The summed E-state index contributed by atoms with van der Waals surface area (Å²) < 4.78 is 20.2. The van der Waals surface area contributed by atoms with Gasteiger partial charge in [0.25, 0.3) is 0 Å². The molecule has 0 radical (unpaired) electrons. The summed E-state index contributed by atoms with van der Waals surface area (Å²) in [6.45, 7) is 0.641. The number of benzene rings is 1. The number of anilines is 1. The first-order chi connectivity index (χ1) is 10.7. The Kier molecular flexibility index (Phi) is 4.00. The van der Waals surface area contributed by atoms with E-state index in [1.807, 2.05) is 25.2 Å². The quantitative estimate of drug-likeness (QED) is 0.784. The molecule has 2 heterocycles. The summed E-state index contributed by atoms with van der Waals surface area (Å²) in [7, 11) is 1.89. The summed E-state index contributed by atoms with van der Waals surface area (Å²) in [6, 6.07) is 11.4. The number of nitrogens with one attached hydrogen (secondary N) is 1. The molecule has 0 aliphatic carbocycles. The number of aryl methyl sites for hydroxylation is 1. The van der Waals surface area contributed by atoms with Crippen molar-refractivity contribution >= 4 is 5.82 Å². The number of hydrogen-bond donors (Lipinski definition) is 1. The fourth-order valence-electron chi connectivity index (χ4n) is 1.94. The molecular weight excluding hydrogens is 283 g/mol.